The Kier molecular flexibility index (Phi) is 18.3. The van der Waals surface area contributed by atoms with Crippen LogP contribution in [0.3, 0.4) is 0 Å². The molecule has 0 saturated heterocycles. The fourth-order valence-electron chi connectivity index (χ4n) is 9.36. The zero-order valence-electron chi connectivity index (χ0n) is 29.9. The maximum atomic E-state index is 2.75. The number of hydrogen-bond donors (Lipinski definition) is 0. The van der Waals surface area contributed by atoms with Gasteiger partial charge in [-0.05, 0) is 96.7 Å². The summed E-state index contributed by atoms with van der Waals surface area (Å²) < 4.78 is 0. The molecule has 258 valence electrons. The summed E-state index contributed by atoms with van der Waals surface area (Å²) in [6.07, 6.45) is 26.9. The van der Waals surface area contributed by atoms with Crippen molar-refractivity contribution >= 4 is 31.8 Å². The summed E-state index contributed by atoms with van der Waals surface area (Å²) in [4.78, 5) is 0. The van der Waals surface area contributed by atoms with Crippen LogP contribution >= 0.6 is 15.8 Å². The average molecular weight is 711 g/mol. The Balaban J connectivity index is 0.000000688. The fourth-order valence-corrected chi connectivity index (χ4v) is 16.5. The molecule has 3 aromatic carbocycles. The van der Waals surface area contributed by atoms with E-state index in [0.717, 1.165) is 28.8 Å². The topological polar surface area (TPSA) is 0 Å². The van der Waals surface area contributed by atoms with Crippen LogP contribution in [0.1, 0.15) is 134 Å². The quantitative estimate of drug-likeness (QED) is 0.124. The number of hydrogen-bond acceptors (Lipinski definition) is 0. The van der Waals surface area contributed by atoms with Gasteiger partial charge in [0.2, 0.25) is 0 Å². The van der Waals surface area contributed by atoms with E-state index in [1.165, 1.54) is 126 Å². The van der Waals surface area contributed by atoms with Gasteiger partial charge in [-0.15, -0.1) is 0 Å². The van der Waals surface area contributed by atoms with Crippen LogP contribution in [-0.2, 0) is 17.1 Å². The third-order valence-electron chi connectivity index (χ3n) is 11.5. The number of benzene rings is 3. The molecule has 0 spiro atoms. The molecular weight excluding hydrogens is 646 g/mol. The van der Waals surface area contributed by atoms with Crippen LogP contribution in [-0.4, -0.2) is 17.0 Å². The molecule has 3 aromatic rings. The first-order valence-corrected chi connectivity index (χ1v) is 21.5. The Bertz CT molecular complexity index is 1160. The largest absolute Gasteiger partial charge is 2.00 e. The zero-order chi connectivity index (χ0) is 30.0. The van der Waals surface area contributed by atoms with Crippen LogP contribution in [0.25, 0.3) is 0 Å². The molecule has 0 heterocycles. The summed E-state index contributed by atoms with van der Waals surface area (Å²) in [5.74, 6) is 1.59. The first-order valence-electron chi connectivity index (χ1n) is 18.6. The molecule has 4 aliphatic carbocycles. The van der Waals surface area contributed by atoms with Gasteiger partial charge in [-0.3, -0.25) is 0 Å². The third kappa shape index (κ3) is 10.5. The van der Waals surface area contributed by atoms with E-state index in [-0.39, 0.29) is 39.8 Å². The van der Waals surface area contributed by atoms with Gasteiger partial charge < -0.3 is 14.9 Å². The Morgan fingerprint density at radius 3 is 1.40 bits per heavy atom. The predicted octanol–water partition coefficient (Wildman–Crippen LogP) is 12.7. The normalized spacial score (nSPS) is 22.4. The molecule has 3 atom stereocenters. The van der Waals surface area contributed by atoms with Gasteiger partial charge in [0.1, 0.15) is 0 Å². The van der Waals surface area contributed by atoms with E-state index in [0.29, 0.717) is 0 Å². The van der Waals surface area contributed by atoms with Gasteiger partial charge in [-0.2, -0.15) is 0 Å². The summed E-state index contributed by atoms with van der Waals surface area (Å²) in [6.45, 7) is 2.75. The molecule has 0 nitrogen and oxygen atoms in total. The van der Waals surface area contributed by atoms with Gasteiger partial charge in [0, 0.05) is 0 Å². The van der Waals surface area contributed by atoms with Gasteiger partial charge in [0.05, 0.1) is 0 Å². The van der Waals surface area contributed by atoms with Crippen LogP contribution in [0, 0.1) is 20.8 Å². The Hall–Kier alpha value is -0.961. The molecule has 2 unspecified atom stereocenters. The minimum Gasteiger partial charge on any atom is -0.358 e. The molecule has 0 aromatic heterocycles. The molecule has 0 N–H and O–H groups in total. The van der Waals surface area contributed by atoms with Crippen LogP contribution in [0.5, 0.6) is 0 Å². The molecule has 0 aliphatic heterocycles. The molecule has 4 aliphatic rings. The molecule has 3 heteroatoms. The average Bonchev–Trinajstić information content (AvgIpc) is 3.84. The molecule has 4 saturated carbocycles. The molecule has 0 bridgehead atoms. The Morgan fingerprint density at radius 1 is 0.489 bits per heavy atom. The molecule has 0 amide bonds. The molecular formula is C44H64FeP2. The maximum Gasteiger partial charge on any atom is 2.00 e. The molecule has 0 radical (unpaired) electrons. The molecule has 4 fully saturated rings. The summed E-state index contributed by atoms with van der Waals surface area (Å²) in [5.41, 5.74) is 4.70. The van der Waals surface area contributed by atoms with Crippen molar-refractivity contribution in [3.63, 3.8) is 0 Å². The van der Waals surface area contributed by atoms with E-state index in [2.05, 4.69) is 91.9 Å². The van der Waals surface area contributed by atoms with Crippen molar-refractivity contribution in [1.29, 1.82) is 0 Å². The van der Waals surface area contributed by atoms with Crippen LogP contribution in [0.15, 0.2) is 84.9 Å². The van der Waals surface area contributed by atoms with Crippen LogP contribution < -0.4 is 15.9 Å². The van der Waals surface area contributed by atoms with Crippen LogP contribution in [0.4, 0.5) is 0 Å². The fraction of sp³-hybridized carbons (Fsp3) is 0.545. The Morgan fingerprint density at radius 2 is 0.915 bits per heavy atom. The van der Waals surface area contributed by atoms with Crippen molar-refractivity contribution in [3.8, 4) is 0 Å². The van der Waals surface area contributed by atoms with Gasteiger partial charge in [-0.1, -0.05) is 177 Å². The smallest absolute Gasteiger partial charge is 0.358 e. The monoisotopic (exact) mass is 710 g/mol. The van der Waals surface area contributed by atoms with Crippen LogP contribution in [0.2, 0.25) is 0 Å². The van der Waals surface area contributed by atoms with Crippen molar-refractivity contribution in [2.75, 3.05) is 0 Å². The summed E-state index contributed by atoms with van der Waals surface area (Å²) in [7, 11) is -0.449. The van der Waals surface area contributed by atoms with E-state index in [1.807, 2.05) is 0 Å². The van der Waals surface area contributed by atoms with Crippen molar-refractivity contribution in [2.24, 2.45) is 5.92 Å². The Labute approximate surface area is 304 Å². The second kappa shape index (κ2) is 21.3. The van der Waals surface area contributed by atoms with Crippen molar-refractivity contribution in [2.45, 2.75) is 145 Å². The number of rotatable bonds is 8. The van der Waals surface area contributed by atoms with Gasteiger partial charge in [0.15, 0.2) is 0 Å². The van der Waals surface area contributed by atoms with Gasteiger partial charge in [-0.25, -0.2) is 0 Å². The van der Waals surface area contributed by atoms with Gasteiger partial charge >= 0.3 is 17.1 Å². The van der Waals surface area contributed by atoms with Gasteiger partial charge in [0.25, 0.3) is 0 Å². The summed E-state index contributed by atoms with van der Waals surface area (Å²) >= 11 is 0. The van der Waals surface area contributed by atoms with Crippen molar-refractivity contribution < 1.29 is 17.1 Å². The SMILES string of the molecule is C1CCCC1.C[C@@H](C1CCCC1c1ccccc1P(c1ccccc1)c1ccccc1)P(C1CCCCC1)C1CCCCC1.[CH3-].[CH3-].[Fe+2]. The summed E-state index contributed by atoms with van der Waals surface area (Å²) in [5, 5.41) is 4.59. The minimum atomic E-state index is -0.556. The second-order valence-corrected chi connectivity index (χ2v) is 19.7. The zero-order valence-corrected chi connectivity index (χ0v) is 32.8. The summed E-state index contributed by atoms with van der Waals surface area (Å²) in [6, 6.07) is 32.4. The van der Waals surface area contributed by atoms with E-state index >= 15 is 0 Å². The second-order valence-electron chi connectivity index (χ2n) is 14.3. The van der Waals surface area contributed by atoms with E-state index in [9.17, 15) is 0 Å². The minimum absolute atomic E-state index is 0. The maximum absolute atomic E-state index is 2.75. The van der Waals surface area contributed by atoms with E-state index in [1.54, 1.807) is 10.9 Å². The standard InChI is InChI=1S/C37H48P2.C5H10.2CH3.Fe/c1-29(38(30-17-6-2-7-18-30)31-19-8-3-9-20-31)34-26-16-27-35(34)36-25-14-15-28-37(36)39(32-21-10-4-11-22-32)33-23-12-5-13-24-33;1-2-4-5-3-1;;;/h4-5,10-15,21-25,28-31,34-35H,2-3,6-9,16-20,26-27H2,1H3;1-5H2;2*1H3;/q;;2*-1;+2/t29-,34?,35?;;;;/m0..../s1. The van der Waals surface area contributed by atoms with E-state index < -0.39 is 7.92 Å². The van der Waals surface area contributed by atoms with Crippen molar-refractivity contribution in [3.05, 3.63) is 105 Å². The first kappa shape index (κ1) is 40.5. The molecule has 47 heavy (non-hydrogen) atoms. The van der Waals surface area contributed by atoms with E-state index in [4.69, 9.17) is 0 Å². The molecule has 7 rings (SSSR count). The van der Waals surface area contributed by atoms with Crippen molar-refractivity contribution in [1.82, 2.24) is 0 Å². The third-order valence-corrected chi connectivity index (χ3v) is 18.1. The first-order chi connectivity index (χ1) is 21.8. The predicted molar refractivity (Wildman–Crippen MR) is 211 cm³/mol.